The van der Waals surface area contributed by atoms with Crippen LogP contribution < -0.4 is 10.2 Å². The maximum absolute atomic E-state index is 12.5. The molecule has 1 unspecified atom stereocenters. The number of hydrogen-bond acceptors (Lipinski definition) is 9. The second-order valence-electron chi connectivity index (χ2n) is 6.31. The van der Waals surface area contributed by atoms with Crippen LogP contribution >= 0.6 is 7.82 Å². The number of anilines is 1. The lowest BCUT2D eigenvalue weighted by Crippen LogP contribution is -2.59. The van der Waals surface area contributed by atoms with Crippen molar-refractivity contribution in [2.45, 2.75) is 30.8 Å². The Labute approximate surface area is 154 Å². The summed E-state index contributed by atoms with van der Waals surface area (Å²) in [6, 6.07) is 0. The fourth-order valence-corrected chi connectivity index (χ4v) is 4.04. The van der Waals surface area contributed by atoms with E-state index in [4.69, 9.17) is 14.5 Å². The molecule has 3 heterocycles. The van der Waals surface area contributed by atoms with E-state index in [0.29, 0.717) is 5.82 Å². The third-order valence-electron chi connectivity index (χ3n) is 4.64. The highest BCUT2D eigenvalue weighted by Gasteiger charge is 2.50. The first-order valence-corrected chi connectivity index (χ1v) is 9.56. The van der Waals surface area contributed by atoms with Crippen molar-refractivity contribution in [3.63, 3.8) is 0 Å². The summed E-state index contributed by atoms with van der Waals surface area (Å²) < 4.78 is 22.7. The monoisotopic (exact) mass is 407 g/mol. The van der Waals surface area contributed by atoms with Gasteiger partial charge in [-0.2, -0.15) is 0 Å². The van der Waals surface area contributed by atoms with Gasteiger partial charge in [0.2, 0.25) is 0 Å². The van der Waals surface area contributed by atoms with Crippen molar-refractivity contribution < 1.29 is 38.6 Å². The van der Waals surface area contributed by atoms with Gasteiger partial charge in [0, 0.05) is 14.1 Å². The molecule has 2 aliphatic rings. The van der Waals surface area contributed by atoms with Crippen LogP contribution in [0.2, 0.25) is 0 Å². The summed E-state index contributed by atoms with van der Waals surface area (Å²) in [5.74, 6) is -0.00886. The van der Waals surface area contributed by atoms with Gasteiger partial charge in [0.1, 0.15) is 24.1 Å². The Morgan fingerprint density at radius 1 is 1.37 bits per heavy atom. The molecule has 14 heteroatoms. The quantitative estimate of drug-likeness (QED) is 0.331. The predicted octanol–water partition coefficient (Wildman–Crippen LogP) is -2.36. The number of fused-ring (bicyclic) bond motifs is 1. The lowest BCUT2D eigenvalue weighted by Gasteiger charge is -2.40. The van der Waals surface area contributed by atoms with E-state index in [1.807, 2.05) is 0 Å². The Bertz CT molecular complexity index is 768. The third-order valence-corrected chi connectivity index (χ3v) is 5.16. The van der Waals surface area contributed by atoms with Crippen molar-refractivity contribution in [1.29, 1.82) is 0 Å². The molecule has 1 fully saturated rings. The molecule has 5 N–H and O–H groups in total. The number of carbonyl (C=O) groups is 1. The minimum Gasteiger partial charge on any atom is -0.394 e. The molecule has 3 rings (SSSR count). The highest BCUT2D eigenvalue weighted by atomic mass is 31.2. The lowest BCUT2D eigenvalue weighted by molar-refractivity contribution is -0.0522. The van der Waals surface area contributed by atoms with E-state index in [2.05, 4.69) is 14.8 Å². The van der Waals surface area contributed by atoms with Crippen molar-refractivity contribution >= 4 is 19.5 Å². The molecule has 2 aliphatic heterocycles. The van der Waals surface area contributed by atoms with Gasteiger partial charge in [-0.3, -0.25) is 19.2 Å². The summed E-state index contributed by atoms with van der Waals surface area (Å²) in [7, 11) is 0.0484. The number of carbonyl (C=O) groups excluding carboxylic acids is 1. The molecule has 0 spiro atoms. The maximum Gasteiger partial charge on any atom is 0.470 e. The van der Waals surface area contributed by atoms with E-state index >= 15 is 0 Å². The van der Waals surface area contributed by atoms with Crippen LogP contribution in [0.25, 0.3) is 0 Å². The van der Waals surface area contributed by atoms with Crippen molar-refractivity contribution in [2.75, 3.05) is 32.6 Å². The molecule has 1 amide bonds. The number of aliphatic hydroxyl groups is 2. The average Bonchev–Trinajstić information content (AvgIpc) is 3.15. The first-order valence-electron chi connectivity index (χ1n) is 8.03. The summed E-state index contributed by atoms with van der Waals surface area (Å²) >= 11 is 0. The van der Waals surface area contributed by atoms with Crippen LogP contribution in [-0.2, 0) is 13.8 Å². The second-order valence-corrected chi connectivity index (χ2v) is 7.50. The van der Waals surface area contributed by atoms with Gasteiger partial charge < -0.3 is 34.5 Å². The normalized spacial score (nSPS) is 31.5. The second kappa shape index (κ2) is 7.11. The molecule has 0 radical (unpaired) electrons. The van der Waals surface area contributed by atoms with Crippen molar-refractivity contribution in [3.05, 3.63) is 12.0 Å². The predicted molar refractivity (Wildman–Crippen MR) is 89.5 cm³/mol. The van der Waals surface area contributed by atoms with Crippen LogP contribution in [0, 0.1) is 0 Å². The molecule has 1 aromatic rings. The fraction of sp³-hybridized carbons (Fsp3) is 0.692. The molecule has 0 saturated carbocycles. The van der Waals surface area contributed by atoms with Gasteiger partial charge in [0.15, 0.2) is 18.2 Å². The van der Waals surface area contributed by atoms with Crippen molar-refractivity contribution in [3.8, 4) is 0 Å². The summed E-state index contributed by atoms with van der Waals surface area (Å²) in [5.41, 5.74) is 0.127. The third kappa shape index (κ3) is 3.37. The van der Waals surface area contributed by atoms with Crippen LogP contribution in [0.5, 0.6) is 0 Å². The molecule has 152 valence electrons. The Hall–Kier alpha value is -1.57. The van der Waals surface area contributed by atoms with Crippen molar-refractivity contribution in [2.24, 2.45) is 0 Å². The first kappa shape index (κ1) is 20.2. The van der Waals surface area contributed by atoms with Crippen molar-refractivity contribution in [1.82, 2.24) is 19.8 Å². The number of aliphatic hydroxyl groups excluding tert-OH is 2. The van der Waals surface area contributed by atoms with Crippen LogP contribution in [-0.4, -0.2) is 92.7 Å². The molecular weight excluding hydrogens is 385 g/mol. The van der Waals surface area contributed by atoms with Gasteiger partial charge in [0.25, 0.3) is 5.91 Å². The summed E-state index contributed by atoms with van der Waals surface area (Å²) in [4.78, 5) is 37.9. The highest BCUT2D eigenvalue weighted by Crippen LogP contribution is 2.45. The summed E-state index contributed by atoms with van der Waals surface area (Å²) in [6.45, 7) is -0.633. The molecule has 27 heavy (non-hydrogen) atoms. The van der Waals surface area contributed by atoms with Gasteiger partial charge in [-0.1, -0.05) is 0 Å². The maximum atomic E-state index is 12.5. The number of ether oxygens (including phenoxy) is 1. The smallest absolute Gasteiger partial charge is 0.394 e. The first-order chi connectivity index (χ1) is 12.6. The minimum atomic E-state index is -4.93. The number of aromatic nitrogens is 2. The Morgan fingerprint density at radius 2 is 2.04 bits per heavy atom. The van der Waals surface area contributed by atoms with Crippen LogP contribution in [0.3, 0.4) is 0 Å². The number of nitrogens with zero attached hydrogens (tertiary/aromatic N) is 4. The molecule has 0 bridgehead atoms. The SMILES string of the molecule is CNC1N(C)C(=O)c2ncn([C@@H]3O[C@H](CO)[C@@H](OP(=O)(O)O)[C@H]3O)c2N1C. The standard InChI is InChI=1S/C13H22N5O8P/c1-14-13-16(2)10-7(11(21)17(13)3)15-5-18(10)12-8(20)9(6(4-19)25-12)26-27(22,23)24/h5-6,8-9,12-14,19-20H,4H2,1-3H3,(H2,22,23,24)/t6-,8-,9-,12-,13?/m1/s1. The van der Waals surface area contributed by atoms with Gasteiger partial charge >= 0.3 is 7.82 Å². The Morgan fingerprint density at radius 3 is 2.59 bits per heavy atom. The fourth-order valence-electron chi connectivity index (χ4n) is 3.47. The van der Waals surface area contributed by atoms with Gasteiger partial charge in [-0.15, -0.1) is 0 Å². The zero-order chi connectivity index (χ0) is 20.1. The zero-order valence-corrected chi connectivity index (χ0v) is 15.7. The zero-order valence-electron chi connectivity index (χ0n) is 14.8. The van der Waals surface area contributed by atoms with Crippen LogP contribution in [0.1, 0.15) is 16.7 Å². The summed E-state index contributed by atoms with van der Waals surface area (Å²) in [5, 5.41) is 22.9. The van der Waals surface area contributed by atoms with E-state index in [1.165, 1.54) is 15.8 Å². The largest absolute Gasteiger partial charge is 0.470 e. The summed E-state index contributed by atoms with van der Waals surface area (Å²) in [6.07, 6.45) is -4.55. The molecule has 5 atom stereocenters. The number of hydrogen-bond donors (Lipinski definition) is 5. The van der Waals surface area contributed by atoms with E-state index < -0.39 is 45.3 Å². The number of amides is 1. The number of imidazole rings is 1. The molecule has 0 aliphatic carbocycles. The number of nitrogens with one attached hydrogen (secondary N) is 1. The van der Waals surface area contributed by atoms with Gasteiger partial charge in [-0.25, -0.2) is 9.55 Å². The average molecular weight is 407 g/mol. The highest BCUT2D eigenvalue weighted by molar-refractivity contribution is 7.46. The Kier molecular flexibility index (Phi) is 5.31. The molecule has 1 aromatic heterocycles. The lowest BCUT2D eigenvalue weighted by atomic mass is 10.1. The number of phosphoric acid groups is 1. The molecule has 1 saturated heterocycles. The molecule has 0 aromatic carbocycles. The Balaban J connectivity index is 1.98. The number of rotatable bonds is 5. The number of phosphoric ester groups is 1. The van der Waals surface area contributed by atoms with Gasteiger partial charge in [0.05, 0.1) is 12.9 Å². The van der Waals surface area contributed by atoms with E-state index in [0.717, 1.165) is 0 Å². The van der Waals surface area contributed by atoms with Crippen LogP contribution in [0.4, 0.5) is 5.82 Å². The molecule has 13 nitrogen and oxygen atoms in total. The van der Waals surface area contributed by atoms with Crippen LogP contribution in [0.15, 0.2) is 6.33 Å². The van der Waals surface area contributed by atoms with E-state index in [9.17, 15) is 19.6 Å². The van der Waals surface area contributed by atoms with Gasteiger partial charge in [-0.05, 0) is 7.05 Å². The topological polar surface area (TPSA) is 170 Å². The minimum absolute atomic E-state index is 0.127. The van der Waals surface area contributed by atoms with E-state index in [1.54, 1.807) is 26.0 Å². The molecular formula is C13H22N5O8P. The van der Waals surface area contributed by atoms with E-state index in [-0.39, 0.29) is 11.6 Å².